The molecule has 0 radical (unpaired) electrons. The maximum absolute atomic E-state index is 13.4. The number of benzene rings is 3. The second-order valence-corrected chi connectivity index (χ2v) is 9.22. The Kier molecular flexibility index (Phi) is 7.77. The lowest BCUT2D eigenvalue weighted by molar-refractivity contribution is -0.125. The molecule has 0 aliphatic rings. The van der Waals surface area contributed by atoms with Gasteiger partial charge in [0.05, 0.1) is 28.4 Å². The summed E-state index contributed by atoms with van der Waals surface area (Å²) < 4.78 is 1.55. The largest absolute Gasteiger partial charge is 0.345 e. The van der Waals surface area contributed by atoms with Crippen molar-refractivity contribution < 1.29 is 9.59 Å². The molecular formula is C28H27N3O3S. The van der Waals surface area contributed by atoms with Gasteiger partial charge in [-0.2, -0.15) is 0 Å². The third-order valence-corrected chi connectivity index (χ3v) is 6.73. The van der Waals surface area contributed by atoms with Gasteiger partial charge in [-0.1, -0.05) is 73.3 Å². The lowest BCUT2D eigenvalue weighted by Gasteiger charge is -2.17. The Morgan fingerprint density at radius 3 is 2.31 bits per heavy atom. The average molecular weight is 486 g/mol. The minimum atomic E-state index is -0.612. The van der Waals surface area contributed by atoms with Crippen molar-refractivity contribution in [1.82, 2.24) is 14.9 Å². The maximum atomic E-state index is 13.4. The predicted molar refractivity (Wildman–Crippen MR) is 140 cm³/mol. The summed E-state index contributed by atoms with van der Waals surface area (Å²) in [5.74, 6) is -0.374. The number of Topliss-reactive ketones (excluding diaryl/α,β-unsaturated/α-hetero) is 1. The Morgan fingerprint density at radius 1 is 0.943 bits per heavy atom. The van der Waals surface area contributed by atoms with Gasteiger partial charge >= 0.3 is 0 Å². The number of thioether (sulfide) groups is 1. The van der Waals surface area contributed by atoms with E-state index in [0.29, 0.717) is 28.2 Å². The van der Waals surface area contributed by atoms with Crippen LogP contribution >= 0.6 is 11.8 Å². The van der Waals surface area contributed by atoms with Gasteiger partial charge in [0, 0.05) is 0 Å². The monoisotopic (exact) mass is 485 g/mol. The number of nitrogens with zero attached hydrogens (tertiary/aromatic N) is 2. The van der Waals surface area contributed by atoms with E-state index in [2.05, 4.69) is 17.2 Å². The van der Waals surface area contributed by atoms with Crippen LogP contribution in [0.2, 0.25) is 0 Å². The number of aryl methyl sites for hydroxylation is 1. The van der Waals surface area contributed by atoms with Crippen LogP contribution < -0.4 is 10.9 Å². The highest BCUT2D eigenvalue weighted by atomic mass is 32.2. The molecule has 178 valence electrons. The van der Waals surface area contributed by atoms with E-state index in [1.807, 2.05) is 66.7 Å². The third kappa shape index (κ3) is 5.87. The van der Waals surface area contributed by atoms with Crippen molar-refractivity contribution in [3.8, 4) is 5.69 Å². The predicted octanol–water partition coefficient (Wildman–Crippen LogP) is 4.36. The zero-order valence-corrected chi connectivity index (χ0v) is 20.5. The van der Waals surface area contributed by atoms with Gasteiger partial charge in [-0.3, -0.25) is 19.0 Å². The van der Waals surface area contributed by atoms with Crippen molar-refractivity contribution in [3.05, 3.63) is 100 Å². The van der Waals surface area contributed by atoms with E-state index in [-0.39, 0.29) is 23.0 Å². The summed E-state index contributed by atoms with van der Waals surface area (Å²) in [6.07, 6.45) is 1.32. The molecular weight excluding hydrogens is 458 g/mol. The van der Waals surface area contributed by atoms with E-state index in [0.717, 1.165) is 17.5 Å². The number of hydrogen-bond donors (Lipinski definition) is 1. The van der Waals surface area contributed by atoms with Crippen LogP contribution in [0, 0.1) is 0 Å². The van der Waals surface area contributed by atoms with Crippen molar-refractivity contribution in [2.75, 3.05) is 5.75 Å². The van der Waals surface area contributed by atoms with Crippen LogP contribution in [0.4, 0.5) is 0 Å². The van der Waals surface area contributed by atoms with Crippen molar-refractivity contribution in [1.29, 1.82) is 0 Å². The number of ketones is 1. The van der Waals surface area contributed by atoms with Crippen LogP contribution in [0.1, 0.15) is 25.0 Å². The van der Waals surface area contributed by atoms with Gasteiger partial charge in [-0.25, -0.2) is 4.98 Å². The molecule has 7 heteroatoms. The highest BCUT2D eigenvalue weighted by Crippen LogP contribution is 2.22. The highest BCUT2D eigenvalue weighted by molar-refractivity contribution is 7.99. The van der Waals surface area contributed by atoms with Crippen LogP contribution in [-0.2, 0) is 22.4 Å². The standard InChI is InChI=1S/C28H27N3O3S/c1-3-20-13-15-22(16-14-20)31-27(34)23-11-7-8-12-24(23)30-28(31)35-18-26(33)29-25(19(2)32)17-21-9-5-4-6-10-21/h4-16,25H,3,17-18H2,1-2H3,(H,29,33). The molecule has 1 heterocycles. The number of nitrogens with one attached hydrogen (secondary N) is 1. The fraction of sp³-hybridized carbons (Fsp3) is 0.214. The quantitative estimate of drug-likeness (QED) is 0.282. The van der Waals surface area contributed by atoms with E-state index in [1.54, 1.807) is 16.7 Å². The molecule has 0 aliphatic heterocycles. The molecule has 6 nitrogen and oxygen atoms in total. The summed E-state index contributed by atoms with van der Waals surface area (Å²) in [4.78, 5) is 43.0. The first-order valence-corrected chi connectivity index (χ1v) is 12.5. The summed E-state index contributed by atoms with van der Waals surface area (Å²) in [7, 11) is 0. The van der Waals surface area contributed by atoms with Gasteiger partial charge in [0.15, 0.2) is 10.9 Å². The minimum Gasteiger partial charge on any atom is -0.345 e. The van der Waals surface area contributed by atoms with Gasteiger partial charge in [-0.15, -0.1) is 0 Å². The second kappa shape index (κ2) is 11.1. The van der Waals surface area contributed by atoms with Gasteiger partial charge in [-0.05, 0) is 55.2 Å². The summed E-state index contributed by atoms with van der Waals surface area (Å²) in [5, 5.41) is 3.78. The van der Waals surface area contributed by atoms with Gasteiger partial charge < -0.3 is 5.32 Å². The number of hydrogen-bond acceptors (Lipinski definition) is 5. The summed E-state index contributed by atoms with van der Waals surface area (Å²) >= 11 is 1.18. The lowest BCUT2D eigenvalue weighted by Crippen LogP contribution is -2.42. The van der Waals surface area contributed by atoms with Crippen LogP contribution in [0.25, 0.3) is 16.6 Å². The van der Waals surface area contributed by atoms with Crippen LogP contribution in [0.5, 0.6) is 0 Å². The Labute approximate surface area is 208 Å². The number of fused-ring (bicyclic) bond motifs is 1. The topological polar surface area (TPSA) is 81.1 Å². The first kappa shape index (κ1) is 24.4. The summed E-state index contributed by atoms with van der Waals surface area (Å²) in [6.45, 7) is 3.55. The van der Waals surface area contributed by atoms with Crippen LogP contribution in [0.3, 0.4) is 0 Å². The van der Waals surface area contributed by atoms with Crippen molar-refractivity contribution in [3.63, 3.8) is 0 Å². The molecule has 4 rings (SSSR count). The van der Waals surface area contributed by atoms with Crippen LogP contribution in [0.15, 0.2) is 88.8 Å². The molecule has 0 fully saturated rings. The number of carbonyl (C=O) groups excluding carboxylic acids is 2. The molecule has 1 atom stereocenters. The average Bonchev–Trinajstić information content (AvgIpc) is 2.88. The van der Waals surface area contributed by atoms with Crippen molar-refractivity contribution in [2.45, 2.75) is 37.9 Å². The Balaban J connectivity index is 1.58. The van der Waals surface area contributed by atoms with E-state index in [1.165, 1.54) is 18.7 Å². The van der Waals surface area contributed by atoms with E-state index >= 15 is 0 Å². The zero-order chi connectivity index (χ0) is 24.8. The minimum absolute atomic E-state index is 0.0242. The Hall–Kier alpha value is -3.71. The number of aromatic nitrogens is 2. The smallest absolute Gasteiger partial charge is 0.266 e. The molecule has 1 N–H and O–H groups in total. The van der Waals surface area contributed by atoms with Crippen molar-refractivity contribution >= 4 is 34.4 Å². The fourth-order valence-electron chi connectivity index (χ4n) is 3.83. The highest BCUT2D eigenvalue weighted by Gasteiger charge is 2.19. The van der Waals surface area contributed by atoms with E-state index in [9.17, 15) is 14.4 Å². The summed E-state index contributed by atoms with van der Waals surface area (Å²) in [5.41, 5.74) is 3.22. The van der Waals surface area contributed by atoms with Gasteiger partial charge in [0.25, 0.3) is 5.56 Å². The first-order valence-electron chi connectivity index (χ1n) is 11.5. The molecule has 0 saturated heterocycles. The van der Waals surface area contributed by atoms with Crippen LogP contribution in [-0.4, -0.2) is 33.0 Å². The Morgan fingerprint density at radius 2 is 1.63 bits per heavy atom. The SMILES string of the molecule is CCc1ccc(-n2c(SCC(=O)NC(Cc3ccccc3)C(C)=O)nc3ccccc3c2=O)cc1. The van der Waals surface area contributed by atoms with E-state index < -0.39 is 6.04 Å². The Bertz CT molecular complexity index is 1400. The van der Waals surface area contributed by atoms with Gasteiger partial charge in [0.1, 0.15) is 0 Å². The molecule has 1 unspecified atom stereocenters. The second-order valence-electron chi connectivity index (χ2n) is 8.28. The number of para-hydroxylation sites is 1. The van der Waals surface area contributed by atoms with E-state index in [4.69, 9.17) is 0 Å². The molecule has 0 aliphatic carbocycles. The normalized spacial score (nSPS) is 11.8. The molecule has 3 aromatic carbocycles. The summed E-state index contributed by atoms with van der Waals surface area (Å²) in [6, 6.07) is 23.9. The molecule has 0 spiro atoms. The maximum Gasteiger partial charge on any atom is 0.266 e. The van der Waals surface area contributed by atoms with Gasteiger partial charge in [0.2, 0.25) is 5.91 Å². The molecule has 35 heavy (non-hydrogen) atoms. The number of rotatable bonds is 9. The molecule has 4 aromatic rings. The number of carbonyl (C=O) groups is 2. The lowest BCUT2D eigenvalue weighted by atomic mass is 10.0. The molecule has 0 saturated carbocycles. The third-order valence-electron chi connectivity index (χ3n) is 5.79. The zero-order valence-electron chi connectivity index (χ0n) is 19.7. The van der Waals surface area contributed by atoms with Crippen molar-refractivity contribution in [2.24, 2.45) is 0 Å². The number of amides is 1. The molecule has 1 amide bonds. The molecule has 0 bridgehead atoms. The molecule has 1 aromatic heterocycles. The first-order chi connectivity index (χ1) is 17.0. The fourth-order valence-corrected chi connectivity index (χ4v) is 4.65.